The average molecular weight is 292 g/mol. The number of hydrogen-bond acceptors (Lipinski definition) is 4. The molecule has 1 aliphatic rings. The second-order valence-corrected chi connectivity index (χ2v) is 5.55. The van der Waals surface area contributed by atoms with Crippen LogP contribution in [-0.4, -0.2) is 50.9 Å². The molecule has 1 heterocycles. The summed E-state index contributed by atoms with van der Waals surface area (Å²) in [5.74, 6) is 0.970. The van der Waals surface area contributed by atoms with Gasteiger partial charge < -0.3 is 14.8 Å². The van der Waals surface area contributed by atoms with Crippen LogP contribution in [0.1, 0.15) is 25.3 Å². The number of nitrogens with one attached hydrogen (secondary N) is 1. The van der Waals surface area contributed by atoms with Crippen molar-refractivity contribution in [2.45, 2.75) is 32.4 Å². The van der Waals surface area contributed by atoms with Gasteiger partial charge in [0, 0.05) is 33.3 Å². The summed E-state index contributed by atoms with van der Waals surface area (Å²) < 4.78 is 11.3. The van der Waals surface area contributed by atoms with Crippen LogP contribution >= 0.6 is 0 Å². The molecule has 4 heteroatoms. The largest absolute Gasteiger partial charge is 0.492 e. The highest BCUT2D eigenvalue weighted by Crippen LogP contribution is 2.15. The second-order valence-electron chi connectivity index (χ2n) is 5.55. The molecule has 2 rings (SSSR count). The first kappa shape index (κ1) is 16.3. The van der Waals surface area contributed by atoms with Crippen LogP contribution in [-0.2, 0) is 11.3 Å². The molecule has 1 aromatic carbocycles. The lowest BCUT2D eigenvalue weighted by Gasteiger charge is -2.30. The molecule has 1 aromatic rings. The van der Waals surface area contributed by atoms with Gasteiger partial charge in [0.05, 0.1) is 6.10 Å². The number of benzene rings is 1. The number of rotatable bonds is 8. The Kier molecular flexibility index (Phi) is 7.00. The molecule has 1 fully saturated rings. The third-order valence-electron chi connectivity index (χ3n) is 4.02. The summed E-state index contributed by atoms with van der Waals surface area (Å²) in [4.78, 5) is 2.46. The number of ether oxygens (including phenoxy) is 2. The van der Waals surface area contributed by atoms with Gasteiger partial charge in [-0.1, -0.05) is 19.1 Å². The van der Waals surface area contributed by atoms with Crippen molar-refractivity contribution < 1.29 is 9.47 Å². The summed E-state index contributed by atoms with van der Waals surface area (Å²) >= 11 is 0. The third kappa shape index (κ3) is 5.65. The van der Waals surface area contributed by atoms with Crippen molar-refractivity contribution in [3.8, 4) is 5.75 Å². The van der Waals surface area contributed by atoms with Gasteiger partial charge in [0.25, 0.3) is 0 Å². The molecule has 1 N–H and O–H groups in total. The first-order valence-electron chi connectivity index (χ1n) is 7.99. The Hall–Kier alpha value is -1.10. The second kappa shape index (κ2) is 9.03. The molecule has 0 aliphatic carbocycles. The lowest BCUT2D eigenvalue weighted by Crippen LogP contribution is -2.38. The van der Waals surface area contributed by atoms with Crippen LogP contribution in [0, 0.1) is 0 Å². The van der Waals surface area contributed by atoms with Crippen LogP contribution in [0.5, 0.6) is 5.75 Å². The van der Waals surface area contributed by atoms with Gasteiger partial charge in [0.15, 0.2) is 0 Å². The van der Waals surface area contributed by atoms with Crippen LogP contribution in [0.15, 0.2) is 24.3 Å². The quantitative estimate of drug-likeness (QED) is 0.797. The monoisotopic (exact) mass is 292 g/mol. The van der Waals surface area contributed by atoms with Gasteiger partial charge in [-0.25, -0.2) is 0 Å². The van der Waals surface area contributed by atoms with Crippen molar-refractivity contribution in [3.63, 3.8) is 0 Å². The fourth-order valence-electron chi connectivity index (χ4n) is 2.68. The van der Waals surface area contributed by atoms with Crippen LogP contribution < -0.4 is 10.1 Å². The third-order valence-corrected chi connectivity index (χ3v) is 4.02. The molecule has 0 atom stereocenters. The Morgan fingerprint density at radius 1 is 1.29 bits per heavy atom. The molecule has 4 nitrogen and oxygen atoms in total. The van der Waals surface area contributed by atoms with E-state index in [4.69, 9.17) is 9.47 Å². The molecular weight excluding hydrogens is 264 g/mol. The molecule has 1 saturated heterocycles. The van der Waals surface area contributed by atoms with Gasteiger partial charge in [-0.3, -0.25) is 4.90 Å². The molecule has 0 radical (unpaired) electrons. The minimum Gasteiger partial charge on any atom is -0.492 e. The molecular formula is C17H28N2O2. The minimum absolute atomic E-state index is 0.449. The Balaban J connectivity index is 1.68. The average Bonchev–Trinajstić information content (AvgIpc) is 2.54. The lowest BCUT2D eigenvalue weighted by atomic mass is 10.1. The number of hydrogen-bond donors (Lipinski definition) is 1. The molecule has 0 amide bonds. The lowest BCUT2D eigenvalue weighted by molar-refractivity contribution is 0.0375. The molecule has 0 saturated carbocycles. The molecule has 118 valence electrons. The van der Waals surface area contributed by atoms with E-state index in [9.17, 15) is 0 Å². The molecule has 21 heavy (non-hydrogen) atoms. The zero-order valence-corrected chi connectivity index (χ0v) is 13.3. The van der Waals surface area contributed by atoms with Crippen LogP contribution in [0.3, 0.4) is 0 Å². The summed E-state index contributed by atoms with van der Waals surface area (Å²) in [5, 5.41) is 3.33. The fraction of sp³-hybridized carbons (Fsp3) is 0.647. The van der Waals surface area contributed by atoms with Crippen molar-refractivity contribution in [2.24, 2.45) is 0 Å². The number of likely N-dealkylation sites (tertiary alicyclic amines) is 1. The summed E-state index contributed by atoms with van der Waals surface area (Å²) in [6.45, 7) is 7.98. The van der Waals surface area contributed by atoms with E-state index in [0.717, 1.165) is 57.9 Å². The van der Waals surface area contributed by atoms with Gasteiger partial charge in [-0.05, 0) is 37.1 Å². The number of nitrogens with zero attached hydrogens (tertiary/aromatic N) is 1. The first-order valence-corrected chi connectivity index (χ1v) is 7.99. The molecule has 0 aromatic heterocycles. The SMILES string of the molecule is CCNCc1cccc(OCCN2CCC(OC)CC2)c1. The van der Waals surface area contributed by atoms with Gasteiger partial charge in [0.1, 0.15) is 12.4 Å². The maximum Gasteiger partial charge on any atom is 0.119 e. The van der Waals surface area contributed by atoms with Crippen molar-refractivity contribution in [1.29, 1.82) is 0 Å². The van der Waals surface area contributed by atoms with E-state index in [0.29, 0.717) is 6.10 Å². The van der Waals surface area contributed by atoms with Crippen molar-refractivity contribution >= 4 is 0 Å². The number of methoxy groups -OCH3 is 1. The first-order chi connectivity index (χ1) is 10.3. The summed E-state index contributed by atoms with van der Waals surface area (Å²) in [6, 6.07) is 8.35. The topological polar surface area (TPSA) is 33.7 Å². The maximum atomic E-state index is 5.88. The van der Waals surface area contributed by atoms with Crippen LogP contribution in [0.25, 0.3) is 0 Å². The predicted molar refractivity (Wildman–Crippen MR) is 85.8 cm³/mol. The fourth-order valence-corrected chi connectivity index (χ4v) is 2.68. The summed E-state index contributed by atoms with van der Waals surface area (Å²) in [6.07, 6.45) is 2.72. The van der Waals surface area contributed by atoms with Crippen molar-refractivity contribution in [3.05, 3.63) is 29.8 Å². The van der Waals surface area contributed by atoms with E-state index in [2.05, 4.69) is 35.3 Å². The highest BCUT2D eigenvalue weighted by molar-refractivity contribution is 5.28. The van der Waals surface area contributed by atoms with Crippen molar-refractivity contribution in [2.75, 3.05) is 39.9 Å². The summed E-state index contributed by atoms with van der Waals surface area (Å²) in [7, 11) is 1.81. The predicted octanol–water partition coefficient (Wildman–Crippen LogP) is 2.29. The normalized spacial score (nSPS) is 17.0. The number of piperidine rings is 1. The molecule has 0 bridgehead atoms. The van der Waals surface area contributed by atoms with Gasteiger partial charge >= 0.3 is 0 Å². The van der Waals surface area contributed by atoms with Crippen molar-refractivity contribution in [1.82, 2.24) is 10.2 Å². The Morgan fingerprint density at radius 3 is 2.81 bits per heavy atom. The van der Waals surface area contributed by atoms with Gasteiger partial charge in [-0.2, -0.15) is 0 Å². The smallest absolute Gasteiger partial charge is 0.119 e. The molecule has 0 unspecified atom stereocenters. The van der Waals surface area contributed by atoms with E-state index < -0.39 is 0 Å². The van der Waals surface area contributed by atoms with E-state index in [1.807, 2.05) is 13.2 Å². The van der Waals surface area contributed by atoms with E-state index >= 15 is 0 Å². The summed E-state index contributed by atoms with van der Waals surface area (Å²) in [5.41, 5.74) is 1.27. The van der Waals surface area contributed by atoms with E-state index in [-0.39, 0.29) is 0 Å². The maximum absolute atomic E-state index is 5.88. The standard InChI is InChI=1S/C17H28N2O2/c1-3-18-14-15-5-4-6-17(13-15)21-12-11-19-9-7-16(20-2)8-10-19/h4-6,13,16,18H,3,7-12,14H2,1-2H3. The van der Waals surface area contributed by atoms with E-state index in [1.165, 1.54) is 5.56 Å². The van der Waals surface area contributed by atoms with Crippen LogP contribution in [0.2, 0.25) is 0 Å². The van der Waals surface area contributed by atoms with Gasteiger partial charge in [0.2, 0.25) is 0 Å². The Morgan fingerprint density at radius 2 is 2.10 bits per heavy atom. The minimum atomic E-state index is 0.449. The Labute approximate surface area is 128 Å². The highest BCUT2D eigenvalue weighted by Gasteiger charge is 2.18. The molecule has 0 spiro atoms. The zero-order valence-electron chi connectivity index (χ0n) is 13.3. The molecule has 1 aliphatic heterocycles. The Bertz CT molecular complexity index is 404. The van der Waals surface area contributed by atoms with E-state index in [1.54, 1.807) is 0 Å². The van der Waals surface area contributed by atoms with Crippen LogP contribution in [0.4, 0.5) is 0 Å². The zero-order chi connectivity index (χ0) is 14.9. The van der Waals surface area contributed by atoms with Gasteiger partial charge in [-0.15, -0.1) is 0 Å². The highest BCUT2D eigenvalue weighted by atomic mass is 16.5.